The summed E-state index contributed by atoms with van der Waals surface area (Å²) in [5, 5.41) is 2.03. The molecule has 0 atom stereocenters. The van der Waals surface area contributed by atoms with E-state index in [1.54, 1.807) is 11.3 Å². The minimum Gasteiger partial charge on any atom is -0.378 e. The van der Waals surface area contributed by atoms with E-state index in [9.17, 15) is 9.59 Å². The molecule has 1 N–H and O–H groups in total. The molecule has 0 saturated carbocycles. The molecule has 1 aliphatic carbocycles. The molecule has 0 bridgehead atoms. The van der Waals surface area contributed by atoms with Gasteiger partial charge in [-0.15, -0.1) is 11.3 Å². The molecule has 0 spiro atoms. The predicted molar refractivity (Wildman–Crippen MR) is 107 cm³/mol. The Morgan fingerprint density at radius 1 is 1.11 bits per heavy atom. The van der Waals surface area contributed by atoms with Crippen LogP contribution in [-0.2, 0) is 30.5 Å². The smallest absolute Gasteiger partial charge is 0.255 e. The summed E-state index contributed by atoms with van der Waals surface area (Å²) >= 11 is 1.72. The van der Waals surface area contributed by atoms with E-state index in [1.807, 2.05) is 15.2 Å². The van der Waals surface area contributed by atoms with E-state index in [0.717, 1.165) is 30.5 Å². The van der Waals surface area contributed by atoms with Gasteiger partial charge in [0.05, 0.1) is 31.0 Å². The lowest BCUT2D eigenvalue weighted by molar-refractivity contribution is 0.0730. The van der Waals surface area contributed by atoms with Gasteiger partial charge in [-0.1, -0.05) is 0 Å². The molecule has 0 unspecified atom stereocenters. The topological polar surface area (TPSA) is 78.5 Å². The first-order chi connectivity index (χ1) is 13.7. The number of aryl methyl sites for hydroxylation is 1. The number of H-pyrrole nitrogens is 1. The van der Waals surface area contributed by atoms with Crippen LogP contribution in [0.5, 0.6) is 0 Å². The zero-order chi connectivity index (χ0) is 19.1. The summed E-state index contributed by atoms with van der Waals surface area (Å²) in [6.07, 6.45) is 5.03. The summed E-state index contributed by atoms with van der Waals surface area (Å²) in [7, 11) is 0. The largest absolute Gasteiger partial charge is 0.378 e. The van der Waals surface area contributed by atoms with E-state index in [2.05, 4.69) is 4.98 Å². The summed E-state index contributed by atoms with van der Waals surface area (Å²) in [5.74, 6) is 0.675. The van der Waals surface area contributed by atoms with E-state index in [4.69, 9.17) is 9.72 Å². The number of ether oxygens (including phenoxy) is 1. The Morgan fingerprint density at radius 2 is 1.93 bits per heavy atom. The molecule has 148 valence electrons. The van der Waals surface area contributed by atoms with E-state index < -0.39 is 0 Å². The van der Waals surface area contributed by atoms with Crippen molar-refractivity contribution in [3.8, 4) is 0 Å². The number of aromatic nitrogens is 2. The maximum absolute atomic E-state index is 13.2. The monoisotopic (exact) mass is 400 g/mol. The Bertz CT molecular complexity index is 961. The molecule has 4 heterocycles. The second kappa shape index (κ2) is 7.33. The highest BCUT2D eigenvalue weighted by molar-refractivity contribution is 7.10. The lowest BCUT2D eigenvalue weighted by Gasteiger charge is -2.31. The van der Waals surface area contributed by atoms with Gasteiger partial charge in [0.2, 0.25) is 5.95 Å². The van der Waals surface area contributed by atoms with Gasteiger partial charge in [-0.2, -0.15) is 0 Å². The van der Waals surface area contributed by atoms with E-state index in [0.29, 0.717) is 57.3 Å². The Balaban J connectivity index is 1.41. The van der Waals surface area contributed by atoms with Crippen LogP contribution < -0.4 is 10.5 Å². The van der Waals surface area contributed by atoms with Crippen LogP contribution in [0.2, 0.25) is 0 Å². The summed E-state index contributed by atoms with van der Waals surface area (Å²) < 4.78 is 5.39. The number of fused-ring (bicyclic) bond motifs is 2. The van der Waals surface area contributed by atoms with Crippen LogP contribution in [0.1, 0.15) is 44.9 Å². The van der Waals surface area contributed by atoms with E-state index in [-0.39, 0.29) is 11.5 Å². The van der Waals surface area contributed by atoms with Crippen molar-refractivity contribution in [3.05, 3.63) is 43.0 Å². The Kier molecular flexibility index (Phi) is 4.68. The van der Waals surface area contributed by atoms with E-state index in [1.165, 1.54) is 16.9 Å². The van der Waals surface area contributed by atoms with Gasteiger partial charge in [0.1, 0.15) is 0 Å². The van der Waals surface area contributed by atoms with Crippen LogP contribution >= 0.6 is 11.3 Å². The fourth-order valence-corrected chi connectivity index (χ4v) is 5.49. The number of morpholine rings is 1. The average molecular weight is 401 g/mol. The number of thiophene rings is 1. The molecule has 7 nitrogen and oxygen atoms in total. The molecule has 8 heteroatoms. The van der Waals surface area contributed by atoms with Gasteiger partial charge in [0.15, 0.2) is 0 Å². The van der Waals surface area contributed by atoms with Gasteiger partial charge >= 0.3 is 0 Å². The molecule has 2 aliphatic heterocycles. The number of aromatic amines is 1. The van der Waals surface area contributed by atoms with Gasteiger partial charge in [-0.3, -0.25) is 14.6 Å². The number of nitrogens with zero attached hydrogens (tertiary/aromatic N) is 3. The van der Waals surface area contributed by atoms with Crippen LogP contribution in [0.25, 0.3) is 0 Å². The molecule has 2 aromatic rings. The first kappa shape index (κ1) is 17.9. The summed E-state index contributed by atoms with van der Waals surface area (Å²) in [4.78, 5) is 38.7. The minimum atomic E-state index is -0.0773. The molecule has 28 heavy (non-hydrogen) atoms. The van der Waals surface area contributed by atoms with Gasteiger partial charge < -0.3 is 14.5 Å². The number of carbonyl (C=O) groups is 1. The maximum Gasteiger partial charge on any atom is 0.255 e. The molecule has 3 aliphatic rings. The van der Waals surface area contributed by atoms with E-state index >= 15 is 0 Å². The number of amides is 1. The number of anilines is 1. The van der Waals surface area contributed by atoms with Crippen molar-refractivity contribution >= 4 is 23.2 Å². The fourth-order valence-electron chi connectivity index (χ4n) is 4.37. The number of hydrogen-bond acceptors (Lipinski definition) is 6. The number of hydrogen-bond donors (Lipinski definition) is 1. The summed E-state index contributed by atoms with van der Waals surface area (Å²) in [6, 6.07) is 0. The Morgan fingerprint density at radius 3 is 2.79 bits per heavy atom. The first-order valence-electron chi connectivity index (χ1n) is 10.0. The van der Waals surface area contributed by atoms with Gasteiger partial charge in [0, 0.05) is 35.5 Å². The number of nitrogens with one attached hydrogen (secondary N) is 1. The SMILES string of the molecule is O=C(c1csc2c1CCCC2)N1CCc2c(nc(N3CCOCC3)[nH]c2=O)C1. The second-order valence-electron chi connectivity index (χ2n) is 7.65. The van der Waals surface area contributed by atoms with Gasteiger partial charge in [0.25, 0.3) is 11.5 Å². The maximum atomic E-state index is 13.2. The highest BCUT2D eigenvalue weighted by Crippen LogP contribution is 2.31. The van der Waals surface area contributed by atoms with Crippen LogP contribution in [-0.4, -0.2) is 53.6 Å². The molecule has 0 radical (unpaired) electrons. The highest BCUT2D eigenvalue weighted by atomic mass is 32.1. The van der Waals surface area contributed by atoms with Crippen LogP contribution in [0, 0.1) is 0 Å². The van der Waals surface area contributed by atoms with Crippen molar-refractivity contribution in [3.63, 3.8) is 0 Å². The molecule has 0 aromatic carbocycles. The highest BCUT2D eigenvalue weighted by Gasteiger charge is 2.29. The third-order valence-corrected chi connectivity index (χ3v) is 7.04. The number of rotatable bonds is 2. The quantitative estimate of drug-likeness (QED) is 0.831. The molecule has 1 saturated heterocycles. The van der Waals surface area contributed by atoms with Crippen molar-refractivity contribution in [1.82, 2.24) is 14.9 Å². The van der Waals surface area contributed by atoms with Gasteiger partial charge in [-0.05, 0) is 37.7 Å². The minimum absolute atomic E-state index is 0.0773. The fraction of sp³-hybridized carbons (Fsp3) is 0.550. The summed E-state index contributed by atoms with van der Waals surface area (Å²) in [5.41, 5.74) is 3.48. The predicted octanol–water partition coefficient (Wildman–Crippen LogP) is 1.75. The van der Waals surface area contributed by atoms with Crippen molar-refractivity contribution in [2.75, 3.05) is 37.7 Å². The molecule has 5 rings (SSSR count). The van der Waals surface area contributed by atoms with Crippen LogP contribution in [0.3, 0.4) is 0 Å². The van der Waals surface area contributed by atoms with Crippen LogP contribution in [0.4, 0.5) is 5.95 Å². The lowest BCUT2D eigenvalue weighted by Crippen LogP contribution is -2.42. The zero-order valence-corrected chi connectivity index (χ0v) is 16.6. The molecular formula is C20H24N4O3S. The third-order valence-electron chi connectivity index (χ3n) is 5.95. The Hall–Kier alpha value is -2.19. The van der Waals surface area contributed by atoms with Crippen molar-refractivity contribution in [1.29, 1.82) is 0 Å². The van der Waals surface area contributed by atoms with Crippen LogP contribution in [0.15, 0.2) is 10.2 Å². The summed E-state index contributed by atoms with van der Waals surface area (Å²) in [6.45, 7) is 3.67. The van der Waals surface area contributed by atoms with Crippen molar-refractivity contribution < 1.29 is 9.53 Å². The molecule has 1 amide bonds. The molecular weight excluding hydrogens is 376 g/mol. The third kappa shape index (κ3) is 3.14. The normalized spacial score (nSPS) is 19.3. The molecule has 1 fully saturated rings. The van der Waals surface area contributed by atoms with Gasteiger partial charge in [-0.25, -0.2) is 4.98 Å². The lowest BCUT2D eigenvalue weighted by atomic mass is 9.95. The Labute approximate surface area is 167 Å². The second-order valence-corrected chi connectivity index (χ2v) is 8.61. The first-order valence-corrected chi connectivity index (χ1v) is 10.9. The van der Waals surface area contributed by atoms with Crippen molar-refractivity contribution in [2.45, 2.75) is 38.6 Å². The standard InChI is InChI=1S/C20H24N4O3S/c25-18-14-5-6-24(19(26)15-12-28-17-4-2-1-3-13(15)17)11-16(14)21-20(22-18)23-7-9-27-10-8-23/h12H,1-11H2,(H,21,22,25). The zero-order valence-electron chi connectivity index (χ0n) is 15.8. The number of carbonyl (C=O) groups excluding carboxylic acids is 1. The average Bonchev–Trinajstić information content (AvgIpc) is 3.17. The molecule has 2 aromatic heterocycles. The van der Waals surface area contributed by atoms with Crippen molar-refractivity contribution in [2.24, 2.45) is 0 Å².